The molecule has 7 nitrogen and oxygen atoms in total. The lowest BCUT2D eigenvalue weighted by atomic mass is 9.94. The predicted octanol–water partition coefficient (Wildman–Crippen LogP) is 4.53. The van der Waals surface area contributed by atoms with Gasteiger partial charge < -0.3 is 19.2 Å². The second-order valence-corrected chi connectivity index (χ2v) is 7.56. The molecule has 1 unspecified atom stereocenters. The molecule has 1 aromatic heterocycles. The number of carbonyl (C=O) groups excluding carboxylic acids is 2. The van der Waals surface area contributed by atoms with E-state index in [2.05, 4.69) is 0 Å². The fraction of sp³-hybridized carbons (Fsp3) is 0.200. The number of aliphatic hydroxyl groups is 1. The molecule has 0 spiro atoms. The van der Waals surface area contributed by atoms with Gasteiger partial charge in [-0.15, -0.1) is 0 Å². The third-order valence-electron chi connectivity index (χ3n) is 5.35. The molecule has 2 heterocycles. The first-order chi connectivity index (χ1) is 15.4. The van der Waals surface area contributed by atoms with Gasteiger partial charge in [0.1, 0.15) is 5.75 Å². The van der Waals surface area contributed by atoms with Crippen LogP contribution in [0, 0.1) is 0 Å². The largest absolute Gasteiger partial charge is 0.503 e. The molecule has 1 N–H and O–H groups in total. The molecule has 1 amide bonds. The summed E-state index contributed by atoms with van der Waals surface area (Å²) in [5.74, 6) is -1.03. The zero-order valence-electron chi connectivity index (χ0n) is 18.1. The summed E-state index contributed by atoms with van der Waals surface area (Å²) < 4.78 is 10.8. The van der Waals surface area contributed by atoms with Gasteiger partial charge in [0.2, 0.25) is 5.78 Å². The predicted molar refractivity (Wildman–Crippen MR) is 121 cm³/mol. The average molecular weight is 432 g/mol. The molecular formula is C25H24N2O5. The molecule has 3 aromatic rings. The second-order valence-electron chi connectivity index (χ2n) is 7.56. The van der Waals surface area contributed by atoms with Crippen LogP contribution in [0.4, 0.5) is 11.4 Å². The van der Waals surface area contributed by atoms with Crippen LogP contribution in [0.5, 0.6) is 5.75 Å². The third kappa shape index (κ3) is 3.73. The molecule has 0 bridgehead atoms. The van der Waals surface area contributed by atoms with Gasteiger partial charge in [-0.05, 0) is 61.0 Å². The number of ether oxygens (including phenoxy) is 1. The minimum Gasteiger partial charge on any atom is -0.503 e. The Kier molecular flexibility index (Phi) is 5.73. The Morgan fingerprint density at radius 1 is 1.09 bits per heavy atom. The van der Waals surface area contributed by atoms with Crippen molar-refractivity contribution in [2.24, 2.45) is 0 Å². The van der Waals surface area contributed by atoms with E-state index in [4.69, 9.17) is 9.15 Å². The maximum atomic E-state index is 13.2. The fourth-order valence-corrected chi connectivity index (χ4v) is 3.78. The van der Waals surface area contributed by atoms with Crippen molar-refractivity contribution < 1.29 is 23.8 Å². The molecule has 0 fully saturated rings. The van der Waals surface area contributed by atoms with Crippen molar-refractivity contribution in [3.05, 3.63) is 89.6 Å². The van der Waals surface area contributed by atoms with E-state index in [9.17, 15) is 14.7 Å². The molecule has 1 aliphatic heterocycles. The molecule has 0 aliphatic carbocycles. The number of amides is 1. The number of ketones is 1. The van der Waals surface area contributed by atoms with Crippen LogP contribution in [-0.4, -0.2) is 37.5 Å². The van der Waals surface area contributed by atoms with Crippen LogP contribution in [0.25, 0.3) is 0 Å². The van der Waals surface area contributed by atoms with E-state index in [0.717, 1.165) is 5.69 Å². The van der Waals surface area contributed by atoms with Crippen molar-refractivity contribution in [3.63, 3.8) is 0 Å². The lowest BCUT2D eigenvalue weighted by Crippen LogP contribution is -2.31. The number of hydrogen-bond donors (Lipinski definition) is 1. The van der Waals surface area contributed by atoms with Crippen LogP contribution < -0.4 is 14.5 Å². The van der Waals surface area contributed by atoms with Gasteiger partial charge in [-0.25, -0.2) is 0 Å². The first-order valence-corrected chi connectivity index (χ1v) is 10.3. The van der Waals surface area contributed by atoms with Crippen LogP contribution in [0.15, 0.2) is 82.7 Å². The topological polar surface area (TPSA) is 83.2 Å². The first-order valence-electron chi connectivity index (χ1n) is 10.3. The molecule has 4 rings (SSSR count). The van der Waals surface area contributed by atoms with Crippen LogP contribution in [0.1, 0.15) is 29.1 Å². The summed E-state index contributed by atoms with van der Waals surface area (Å²) in [5, 5.41) is 10.8. The standard InChI is InChI=1S/C25H24N2O5/c1-4-31-19-13-7-16(8-14-19)22-21(23(28)20-6-5-15-32-20)24(29)25(30)27(22)18-11-9-17(10-12-18)26(2)3/h5-15,22,29H,4H2,1-3H3. The SMILES string of the molecule is CCOc1ccc(C2C(C(=O)c3ccco3)=C(O)C(=O)N2c2ccc(N(C)C)cc2)cc1. The van der Waals surface area contributed by atoms with Gasteiger partial charge in [0.15, 0.2) is 11.5 Å². The molecule has 0 radical (unpaired) electrons. The maximum absolute atomic E-state index is 13.2. The Morgan fingerprint density at radius 3 is 2.34 bits per heavy atom. The Bertz CT molecular complexity index is 1150. The number of anilines is 2. The normalized spacial score (nSPS) is 15.9. The Morgan fingerprint density at radius 2 is 1.78 bits per heavy atom. The molecule has 1 aliphatic rings. The van der Waals surface area contributed by atoms with Gasteiger partial charge in [0, 0.05) is 25.5 Å². The Balaban J connectivity index is 1.81. The highest BCUT2D eigenvalue weighted by Gasteiger charge is 2.45. The molecule has 32 heavy (non-hydrogen) atoms. The van der Waals surface area contributed by atoms with Crippen LogP contribution in [0.2, 0.25) is 0 Å². The van der Waals surface area contributed by atoms with Gasteiger partial charge in [-0.2, -0.15) is 0 Å². The Labute approximate surface area is 186 Å². The number of rotatable bonds is 7. The number of Topliss-reactive ketones (excluding diaryl/α,β-unsaturated/α-hetero) is 1. The molecular weight excluding hydrogens is 408 g/mol. The Hall–Kier alpha value is -4.00. The molecule has 2 aromatic carbocycles. The number of carbonyl (C=O) groups is 2. The summed E-state index contributed by atoms with van der Waals surface area (Å²) in [4.78, 5) is 29.8. The fourth-order valence-electron chi connectivity index (χ4n) is 3.78. The highest BCUT2D eigenvalue weighted by Crippen LogP contribution is 2.42. The minimum absolute atomic E-state index is 0.0224. The highest BCUT2D eigenvalue weighted by molar-refractivity contribution is 6.20. The van der Waals surface area contributed by atoms with Gasteiger partial charge in [0.05, 0.1) is 24.5 Å². The zero-order chi connectivity index (χ0) is 22.8. The molecule has 0 saturated carbocycles. The maximum Gasteiger partial charge on any atom is 0.294 e. The third-order valence-corrected chi connectivity index (χ3v) is 5.35. The summed E-state index contributed by atoms with van der Waals surface area (Å²) in [6.07, 6.45) is 1.38. The molecule has 1 atom stereocenters. The zero-order valence-corrected chi connectivity index (χ0v) is 18.1. The quantitative estimate of drug-likeness (QED) is 0.553. The van der Waals surface area contributed by atoms with Gasteiger partial charge in [-0.3, -0.25) is 14.5 Å². The first kappa shape index (κ1) is 21.2. The van der Waals surface area contributed by atoms with E-state index in [1.165, 1.54) is 17.2 Å². The van der Waals surface area contributed by atoms with E-state index < -0.39 is 23.5 Å². The van der Waals surface area contributed by atoms with Crippen molar-refractivity contribution in [2.75, 3.05) is 30.5 Å². The van der Waals surface area contributed by atoms with E-state index in [-0.39, 0.29) is 11.3 Å². The van der Waals surface area contributed by atoms with Gasteiger partial charge in [0.25, 0.3) is 5.91 Å². The van der Waals surface area contributed by atoms with Crippen molar-refractivity contribution in [2.45, 2.75) is 13.0 Å². The molecule has 0 saturated heterocycles. The van der Waals surface area contributed by atoms with Gasteiger partial charge in [-0.1, -0.05) is 12.1 Å². The van der Waals surface area contributed by atoms with E-state index in [1.54, 1.807) is 42.5 Å². The lowest BCUT2D eigenvalue weighted by molar-refractivity contribution is -0.117. The van der Waals surface area contributed by atoms with Gasteiger partial charge >= 0.3 is 0 Å². The van der Waals surface area contributed by atoms with Crippen LogP contribution >= 0.6 is 0 Å². The smallest absolute Gasteiger partial charge is 0.294 e. The summed E-state index contributed by atoms with van der Waals surface area (Å²) in [7, 11) is 3.85. The van der Waals surface area contributed by atoms with E-state index >= 15 is 0 Å². The number of hydrogen-bond acceptors (Lipinski definition) is 6. The number of aliphatic hydroxyl groups excluding tert-OH is 1. The molecule has 7 heteroatoms. The second kappa shape index (κ2) is 8.63. The van der Waals surface area contributed by atoms with Crippen molar-refractivity contribution in [1.29, 1.82) is 0 Å². The van der Waals surface area contributed by atoms with E-state index in [1.807, 2.05) is 38.1 Å². The summed E-state index contributed by atoms with van der Waals surface area (Å²) in [6.45, 7) is 2.41. The highest BCUT2D eigenvalue weighted by atomic mass is 16.5. The number of furan rings is 1. The van der Waals surface area contributed by atoms with Crippen LogP contribution in [0.3, 0.4) is 0 Å². The van der Waals surface area contributed by atoms with Crippen molar-refractivity contribution in [3.8, 4) is 5.75 Å². The molecule has 164 valence electrons. The van der Waals surface area contributed by atoms with E-state index in [0.29, 0.717) is 23.6 Å². The number of nitrogens with zero attached hydrogens (tertiary/aromatic N) is 2. The summed E-state index contributed by atoms with van der Waals surface area (Å²) in [6, 6.07) is 16.8. The average Bonchev–Trinajstić information content (AvgIpc) is 3.42. The summed E-state index contributed by atoms with van der Waals surface area (Å²) >= 11 is 0. The van der Waals surface area contributed by atoms with Crippen molar-refractivity contribution >= 4 is 23.1 Å². The number of benzene rings is 2. The van der Waals surface area contributed by atoms with Crippen molar-refractivity contribution in [1.82, 2.24) is 0 Å². The summed E-state index contributed by atoms with van der Waals surface area (Å²) in [5.41, 5.74) is 2.17. The monoisotopic (exact) mass is 432 g/mol. The van der Waals surface area contributed by atoms with Crippen LogP contribution in [-0.2, 0) is 4.79 Å². The lowest BCUT2D eigenvalue weighted by Gasteiger charge is -2.27. The minimum atomic E-state index is -0.819.